The van der Waals surface area contributed by atoms with Gasteiger partial charge in [0.05, 0.1) is 43.7 Å². The summed E-state index contributed by atoms with van der Waals surface area (Å²) in [4.78, 5) is 35.9. The fraction of sp³-hybridized carbons (Fsp3) is 0.923. The smallest absolute Gasteiger partial charge is 0.331 e. The van der Waals surface area contributed by atoms with Gasteiger partial charge in [0, 0.05) is 11.5 Å². The molecule has 2 unspecified atom stereocenters. The number of carboxylic acid groups (broad SMARTS) is 1. The third kappa shape index (κ3) is 7.60. The van der Waals surface area contributed by atoms with E-state index in [9.17, 15) is 44.6 Å². The molecule has 39 heavy (non-hydrogen) atoms. The van der Waals surface area contributed by atoms with Crippen LogP contribution in [0.3, 0.4) is 0 Å². The molecule has 4 fully saturated rings. The first-order chi connectivity index (χ1) is 18.2. The lowest BCUT2D eigenvalue weighted by atomic mass is 9.52. The monoisotopic (exact) mass is 578 g/mol. The van der Waals surface area contributed by atoms with Gasteiger partial charge in [0.1, 0.15) is 0 Å². The zero-order valence-corrected chi connectivity index (χ0v) is 23.9. The largest absolute Gasteiger partial charge is 0.479 e. The molecule has 13 heteroatoms. The zero-order valence-electron chi connectivity index (χ0n) is 23.0. The van der Waals surface area contributed by atoms with Gasteiger partial charge in [0.15, 0.2) is 5.54 Å². The summed E-state index contributed by atoms with van der Waals surface area (Å²) in [5.74, 6) is -1.78. The molecule has 0 radical (unpaired) electrons. The van der Waals surface area contributed by atoms with Gasteiger partial charge in [-0.2, -0.15) is 0 Å². The Morgan fingerprint density at radius 3 is 2.21 bits per heavy atom. The van der Waals surface area contributed by atoms with Gasteiger partial charge in [-0.05, 0) is 63.7 Å². The second kappa shape index (κ2) is 12.8. The molecule has 1 saturated heterocycles. The van der Waals surface area contributed by atoms with Crippen molar-refractivity contribution >= 4 is 19.5 Å². The number of carbonyl (C=O) groups is 2. The van der Waals surface area contributed by atoms with Crippen LogP contribution in [0.1, 0.15) is 84.5 Å². The Bertz CT molecular complexity index is 895. The maximum absolute atomic E-state index is 13.4. The van der Waals surface area contributed by atoms with Crippen molar-refractivity contribution in [3.8, 4) is 0 Å². The van der Waals surface area contributed by atoms with Gasteiger partial charge in [-0.1, -0.05) is 26.2 Å². The van der Waals surface area contributed by atoms with Crippen molar-refractivity contribution in [3.63, 3.8) is 0 Å². The minimum absolute atomic E-state index is 0.210. The Balaban J connectivity index is 1.54. The fourth-order valence-electron chi connectivity index (χ4n) is 6.50. The van der Waals surface area contributed by atoms with Crippen LogP contribution >= 0.6 is 7.60 Å². The number of rotatable bonds is 15. The van der Waals surface area contributed by atoms with Gasteiger partial charge >= 0.3 is 13.6 Å². The topological polar surface area (TPSA) is 206 Å². The first kappa shape index (κ1) is 32.4. The number of carbonyl (C=O) groups excluding carboxylic acids is 1. The number of carboxylic acids is 1. The summed E-state index contributed by atoms with van der Waals surface area (Å²) in [5.41, 5.74) is -2.32. The van der Waals surface area contributed by atoms with Crippen molar-refractivity contribution in [1.29, 1.82) is 0 Å². The Kier molecular flexibility index (Phi) is 10.6. The highest BCUT2D eigenvalue weighted by molar-refractivity contribution is 7.52. The van der Waals surface area contributed by atoms with Gasteiger partial charge in [-0.25, -0.2) is 4.79 Å². The number of amides is 1. The molecule has 1 heterocycles. The maximum Gasteiger partial charge on any atom is 0.331 e. The Morgan fingerprint density at radius 1 is 1.10 bits per heavy atom. The van der Waals surface area contributed by atoms with Crippen LogP contribution in [0.4, 0.5) is 0 Å². The summed E-state index contributed by atoms with van der Waals surface area (Å²) in [7, 11) is -4.50. The Hall–Kier alpha value is -1.11. The molecule has 8 N–H and O–H groups in total. The number of nitrogens with one attached hydrogen (secondary N) is 2. The van der Waals surface area contributed by atoms with Crippen LogP contribution in [0, 0.1) is 10.8 Å². The zero-order chi connectivity index (χ0) is 29.1. The number of aliphatic carboxylic acids is 1. The van der Waals surface area contributed by atoms with E-state index in [-0.39, 0.29) is 17.7 Å². The minimum atomic E-state index is -4.50. The van der Waals surface area contributed by atoms with E-state index >= 15 is 0 Å². The lowest BCUT2D eigenvalue weighted by Crippen LogP contribution is -2.60. The summed E-state index contributed by atoms with van der Waals surface area (Å²) in [5, 5.41) is 54.8. The van der Waals surface area contributed by atoms with Crippen molar-refractivity contribution in [2.24, 2.45) is 10.8 Å². The standard InChI is InChI=1S/C26H47N2O10P/c1-3-4-5-6-25-7-10-26(11-8-25,12-9-25)22(33)28-24(2,23(34)35)16-38-39(36,37)15-17(30)13-18-20(31)21(32)19(14-29)27-18/h17-21,27,29-32H,3-16H2,1-2H3,(H,28,33)(H,34,35)(H,36,37)/t17-,18-,19-,20-,21-,24?,25?,26?/m1/s1. The van der Waals surface area contributed by atoms with E-state index < -0.39 is 74.3 Å². The highest BCUT2D eigenvalue weighted by Crippen LogP contribution is 2.59. The lowest BCUT2D eigenvalue weighted by molar-refractivity contribution is -0.154. The maximum atomic E-state index is 13.4. The van der Waals surface area contributed by atoms with E-state index in [4.69, 9.17) is 4.52 Å². The molecule has 0 aromatic carbocycles. The molecule has 0 aromatic heterocycles. The Labute approximate surface area is 230 Å². The molecule has 226 valence electrons. The van der Waals surface area contributed by atoms with Crippen molar-refractivity contribution in [1.82, 2.24) is 10.6 Å². The van der Waals surface area contributed by atoms with E-state index in [1.165, 1.54) is 19.8 Å². The number of unbranched alkanes of at least 4 members (excludes halogenated alkanes) is 2. The third-order valence-electron chi connectivity index (χ3n) is 9.38. The summed E-state index contributed by atoms with van der Waals surface area (Å²) >= 11 is 0. The third-order valence-corrected chi connectivity index (χ3v) is 10.8. The molecule has 3 saturated carbocycles. The summed E-state index contributed by atoms with van der Waals surface area (Å²) in [6.07, 6.45) is 4.68. The van der Waals surface area contributed by atoms with Crippen LogP contribution in [0.15, 0.2) is 0 Å². The van der Waals surface area contributed by atoms with Gasteiger partial charge in [-0.15, -0.1) is 0 Å². The Morgan fingerprint density at radius 2 is 1.69 bits per heavy atom. The molecule has 1 amide bonds. The van der Waals surface area contributed by atoms with Gasteiger partial charge in [0.2, 0.25) is 5.91 Å². The van der Waals surface area contributed by atoms with Crippen LogP contribution in [0.25, 0.3) is 0 Å². The number of hydrogen-bond acceptors (Lipinski definition) is 9. The second-order valence-electron chi connectivity index (χ2n) is 12.4. The number of aliphatic hydroxyl groups is 4. The van der Waals surface area contributed by atoms with E-state index in [1.54, 1.807) is 0 Å². The highest BCUT2D eigenvalue weighted by Gasteiger charge is 2.53. The molecular formula is C26H47N2O10P. The van der Waals surface area contributed by atoms with Crippen LogP contribution in [-0.4, -0.2) is 97.6 Å². The molecule has 4 aliphatic rings. The van der Waals surface area contributed by atoms with Crippen molar-refractivity contribution in [2.75, 3.05) is 19.4 Å². The predicted octanol–water partition coefficient (Wildman–Crippen LogP) is 0.874. The van der Waals surface area contributed by atoms with Crippen molar-refractivity contribution in [2.45, 2.75) is 120 Å². The van der Waals surface area contributed by atoms with Gasteiger partial charge < -0.3 is 45.6 Å². The molecule has 0 aromatic rings. The van der Waals surface area contributed by atoms with Crippen LogP contribution < -0.4 is 10.6 Å². The first-order valence-corrected chi connectivity index (χ1v) is 15.9. The normalized spacial score (nSPS) is 36.2. The first-order valence-electron chi connectivity index (χ1n) is 14.1. The molecule has 2 bridgehead atoms. The minimum Gasteiger partial charge on any atom is -0.479 e. The van der Waals surface area contributed by atoms with E-state index in [2.05, 4.69) is 17.6 Å². The van der Waals surface area contributed by atoms with Gasteiger partial charge in [0.25, 0.3) is 0 Å². The van der Waals surface area contributed by atoms with E-state index in [0.717, 1.165) is 32.1 Å². The summed E-state index contributed by atoms with van der Waals surface area (Å²) in [6.45, 7) is 2.19. The highest BCUT2D eigenvalue weighted by atomic mass is 31.2. The molecule has 7 atom stereocenters. The lowest BCUT2D eigenvalue weighted by Gasteiger charge is -2.53. The average molecular weight is 579 g/mol. The fourth-order valence-corrected chi connectivity index (χ4v) is 7.74. The SMILES string of the molecule is CCCCCC12CCC(C(=O)NC(C)(COP(=O)(O)C[C@H](O)C[C@H]3N[C@H](CO)[C@@H](O)[C@@H]3O)C(=O)O)(CC1)CC2. The average Bonchev–Trinajstić information content (AvgIpc) is 3.16. The van der Waals surface area contributed by atoms with E-state index in [0.29, 0.717) is 19.3 Å². The number of aliphatic hydroxyl groups excluding tert-OH is 4. The van der Waals surface area contributed by atoms with Crippen molar-refractivity contribution in [3.05, 3.63) is 0 Å². The van der Waals surface area contributed by atoms with E-state index in [1.807, 2.05) is 0 Å². The van der Waals surface area contributed by atoms with Crippen LogP contribution in [-0.2, 0) is 18.7 Å². The predicted molar refractivity (Wildman–Crippen MR) is 142 cm³/mol. The summed E-state index contributed by atoms with van der Waals surface area (Å²) in [6, 6.07) is -1.62. The molecule has 1 aliphatic heterocycles. The van der Waals surface area contributed by atoms with Gasteiger partial charge in [-0.3, -0.25) is 9.36 Å². The number of hydrogen-bond donors (Lipinski definition) is 8. The second-order valence-corrected chi connectivity index (χ2v) is 14.3. The van der Waals surface area contributed by atoms with Crippen LogP contribution in [0.5, 0.6) is 0 Å². The van der Waals surface area contributed by atoms with Crippen molar-refractivity contribution < 1.29 is 49.1 Å². The van der Waals surface area contributed by atoms with Crippen LogP contribution in [0.2, 0.25) is 0 Å². The summed E-state index contributed by atoms with van der Waals surface area (Å²) < 4.78 is 17.8. The quantitative estimate of drug-likeness (QED) is 0.101. The molecule has 3 aliphatic carbocycles. The molecule has 12 nitrogen and oxygen atoms in total. The molecule has 0 spiro atoms. The number of fused-ring (bicyclic) bond motifs is 3. The molecular weight excluding hydrogens is 531 g/mol. The molecule has 4 rings (SSSR count).